The molecule has 106 valence electrons. The molecule has 2 fully saturated rings. The van der Waals surface area contributed by atoms with Gasteiger partial charge >= 0.3 is 6.16 Å². The van der Waals surface area contributed by atoms with E-state index in [9.17, 15) is 0 Å². The first-order valence-corrected chi connectivity index (χ1v) is 7.55. The molecular formula is C15H28O3. The van der Waals surface area contributed by atoms with Gasteiger partial charge in [0.1, 0.15) is 0 Å². The summed E-state index contributed by atoms with van der Waals surface area (Å²) in [6.07, 6.45) is 13.5. The Morgan fingerprint density at radius 3 is 1.78 bits per heavy atom. The predicted molar refractivity (Wildman–Crippen MR) is 73.0 cm³/mol. The molecule has 0 aliphatic heterocycles. The lowest BCUT2D eigenvalue weighted by molar-refractivity contribution is 0.137. The molecule has 3 nitrogen and oxygen atoms in total. The summed E-state index contributed by atoms with van der Waals surface area (Å²) in [5, 5.41) is 13.9. The van der Waals surface area contributed by atoms with Crippen molar-refractivity contribution in [2.75, 3.05) is 0 Å². The van der Waals surface area contributed by atoms with Crippen molar-refractivity contribution in [3.63, 3.8) is 0 Å². The van der Waals surface area contributed by atoms with E-state index in [1.54, 1.807) is 25.7 Å². The van der Waals surface area contributed by atoms with Gasteiger partial charge in [-0.15, -0.1) is 0 Å². The Hall–Kier alpha value is -0.730. The van der Waals surface area contributed by atoms with Gasteiger partial charge in [0.05, 0.1) is 0 Å². The van der Waals surface area contributed by atoms with Crippen LogP contribution in [0.15, 0.2) is 0 Å². The summed E-state index contributed by atoms with van der Waals surface area (Å²) in [5.74, 6) is 3.33. The number of carbonyl (C=O) groups is 1. The van der Waals surface area contributed by atoms with Gasteiger partial charge in [0, 0.05) is 0 Å². The van der Waals surface area contributed by atoms with E-state index in [4.69, 9.17) is 15.0 Å². The lowest BCUT2D eigenvalue weighted by Gasteiger charge is -2.35. The molecule has 2 aliphatic rings. The van der Waals surface area contributed by atoms with Crippen LogP contribution in [-0.2, 0) is 0 Å². The number of carboxylic acid groups (broad SMARTS) is 2. The summed E-state index contributed by atoms with van der Waals surface area (Å²) in [5.41, 5.74) is 0. The maximum absolute atomic E-state index is 8.56. The van der Waals surface area contributed by atoms with Crippen LogP contribution in [0.3, 0.4) is 0 Å². The zero-order valence-electron chi connectivity index (χ0n) is 11.6. The maximum Gasteiger partial charge on any atom is 0.503 e. The Kier molecular flexibility index (Phi) is 7.14. The molecular weight excluding hydrogens is 228 g/mol. The summed E-state index contributed by atoms with van der Waals surface area (Å²) in [4.78, 5) is 8.56. The van der Waals surface area contributed by atoms with Crippen molar-refractivity contribution >= 4 is 6.16 Å². The first-order valence-electron chi connectivity index (χ1n) is 7.55. The highest BCUT2D eigenvalue weighted by Gasteiger charge is 2.27. The highest BCUT2D eigenvalue weighted by molar-refractivity contribution is 5.53. The topological polar surface area (TPSA) is 57.5 Å². The highest BCUT2D eigenvalue weighted by Crippen LogP contribution is 2.40. The van der Waals surface area contributed by atoms with Crippen LogP contribution in [-0.4, -0.2) is 16.4 Å². The molecule has 18 heavy (non-hydrogen) atoms. The van der Waals surface area contributed by atoms with Crippen LogP contribution in [0.2, 0.25) is 0 Å². The molecule has 0 bridgehead atoms. The van der Waals surface area contributed by atoms with Crippen molar-refractivity contribution in [3.05, 3.63) is 0 Å². The van der Waals surface area contributed by atoms with Crippen molar-refractivity contribution < 1.29 is 15.0 Å². The Morgan fingerprint density at radius 2 is 1.33 bits per heavy atom. The van der Waals surface area contributed by atoms with Gasteiger partial charge in [0.25, 0.3) is 0 Å². The van der Waals surface area contributed by atoms with E-state index in [0.29, 0.717) is 0 Å². The van der Waals surface area contributed by atoms with Crippen LogP contribution < -0.4 is 0 Å². The average molecular weight is 256 g/mol. The Balaban J connectivity index is 0.000000357. The molecule has 0 radical (unpaired) electrons. The fourth-order valence-electron chi connectivity index (χ4n) is 3.67. The van der Waals surface area contributed by atoms with Gasteiger partial charge in [-0.05, 0) is 30.6 Å². The molecule has 0 aromatic heterocycles. The standard InChI is InChI=1S/C14H26.CH2O3/c1-2-12-8-10-14(11-9-12)13-6-4-3-5-7-13;2-1(3)4/h12-14H,2-11H2,1H3;(H2,2,3,4). The second kappa shape index (κ2) is 8.39. The summed E-state index contributed by atoms with van der Waals surface area (Å²) in [6, 6.07) is 0. The van der Waals surface area contributed by atoms with E-state index in [1.165, 1.54) is 38.5 Å². The van der Waals surface area contributed by atoms with E-state index in [2.05, 4.69) is 6.92 Å². The second-order valence-corrected chi connectivity index (χ2v) is 5.87. The maximum atomic E-state index is 8.56. The number of hydrogen-bond acceptors (Lipinski definition) is 1. The van der Waals surface area contributed by atoms with Crippen molar-refractivity contribution in [1.29, 1.82) is 0 Å². The van der Waals surface area contributed by atoms with E-state index in [1.807, 2.05) is 0 Å². The van der Waals surface area contributed by atoms with E-state index in [0.717, 1.165) is 17.8 Å². The van der Waals surface area contributed by atoms with Crippen LogP contribution in [0, 0.1) is 17.8 Å². The average Bonchev–Trinajstić information content (AvgIpc) is 2.39. The van der Waals surface area contributed by atoms with Crippen molar-refractivity contribution in [1.82, 2.24) is 0 Å². The first kappa shape index (κ1) is 15.3. The van der Waals surface area contributed by atoms with Crippen LogP contribution in [0.4, 0.5) is 4.79 Å². The molecule has 0 spiro atoms. The SMILES string of the molecule is CCC1CCC(C2CCCCC2)CC1.O=C(O)O. The Labute approximate surface area is 111 Å². The van der Waals surface area contributed by atoms with E-state index >= 15 is 0 Å². The number of rotatable bonds is 2. The van der Waals surface area contributed by atoms with Gasteiger partial charge in [-0.25, -0.2) is 4.79 Å². The first-order chi connectivity index (χ1) is 8.63. The normalized spacial score (nSPS) is 29.2. The summed E-state index contributed by atoms with van der Waals surface area (Å²) < 4.78 is 0. The van der Waals surface area contributed by atoms with Crippen LogP contribution in [0.5, 0.6) is 0 Å². The van der Waals surface area contributed by atoms with Crippen molar-refractivity contribution in [2.24, 2.45) is 17.8 Å². The molecule has 0 amide bonds. The summed E-state index contributed by atoms with van der Waals surface area (Å²) >= 11 is 0. The summed E-state index contributed by atoms with van der Waals surface area (Å²) in [7, 11) is 0. The quantitative estimate of drug-likeness (QED) is 0.730. The molecule has 0 unspecified atom stereocenters. The fraction of sp³-hybridized carbons (Fsp3) is 0.933. The Bertz CT molecular complexity index is 222. The lowest BCUT2D eigenvalue weighted by atomic mass is 9.71. The molecule has 2 N–H and O–H groups in total. The molecule has 3 heteroatoms. The molecule has 0 atom stereocenters. The smallest absolute Gasteiger partial charge is 0.450 e. The van der Waals surface area contributed by atoms with E-state index in [-0.39, 0.29) is 0 Å². The van der Waals surface area contributed by atoms with Crippen LogP contribution in [0.1, 0.15) is 71.1 Å². The molecule has 2 aliphatic carbocycles. The molecule has 0 aromatic carbocycles. The molecule has 2 saturated carbocycles. The van der Waals surface area contributed by atoms with Gasteiger partial charge in [-0.2, -0.15) is 0 Å². The molecule has 2 rings (SSSR count). The Morgan fingerprint density at radius 1 is 0.889 bits per heavy atom. The predicted octanol–water partition coefficient (Wildman–Crippen LogP) is 5.01. The molecule has 0 heterocycles. The largest absolute Gasteiger partial charge is 0.503 e. The van der Waals surface area contributed by atoms with Gasteiger partial charge < -0.3 is 10.2 Å². The van der Waals surface area contributed by atoms with E-state index < -0.39 is 6.16 Å². The zero-order chi connectivity index (χ0) is 13.4. The minimum Gasteiger partial charge on any atom is -0.450 e. The van der Waals surface area contributed by atoms with Crippen molar-refractivity contribution in [3.8, 4) is 0 Å². The monoisotopic (exact) mass is 256 g/mol. The third-order valence-corrected chi connectivity index (χ3v) is 4.79. The summed E-state index contributed by atoms with van der Waals surface area (Å²) in [6.45, 7) is 2.37. The minimum absolute atomic E-state index is 1.08. The second-order valence-electron chi connectivity index (χ2n) is 5.87. The molecule has 0 saturated heterocycles. The lowest BCUT2D eigenvalue weighted by Crippen LogP contribution is -2.23. The van der Waals surface area contributed by atoms with Gasteiger partial charge in [-0.3, -0.25) is 0 Å². The van der Waals surface area contributed by atoms with Gasteiger partial charge in [0.15, 0.2) is 0 Å². The third-order valence-electron chi connectivity index (χ3n) is 4.79. The highest BCUT2D eigenvalue weighted by atomic mass is 16.6. The van der Waals surface area contributed by atoms with Crippen LogP contribution in [0.25, 0.3) is 0 Å². The van der Waals surface area contributed by atoms with Gasteiger partial charge in [0.2, 0.25) is 0 Å². The third kappa shape index (κ3) is 5.74. The van der Waals surface area contributed by atoms with Crippen molar-refractivity contribution in [2.45, 2.75) is 71.1 Å². The minimum atomic E-state index is -1.83. The molecule has 0 aromatic rings. The van der Waals surface area contributed by atoms with Gasteiger partial charge in [-0.1, -0.05) is 58.3 Å². The fourth-order valence-corrected chi connectivity index (χ4v) is 3.67. The number of hydrogen-bond donors (Lipinski definition) is 2. The zero-order valence-corrected chi connectivity index (χ0v) is 11.6. The van der Waals surface area contributed by atoms with Crippen LogP contribution >= 0.6 is 0 Å².